The lowest BCUT2D eigenvalue weighted by molar-refractivity contribution is -0.150. The average molecular weight is 535 g/mol. The summed E-state index contributed by atoms with van der Waals surface area (Å²) in [6, 6.07) is 2.06. The zero-order valence-electron chi connectivity index (χ0n) is 22.5. The maximum absolute atomic E-state index is 14.9. The molecule has 2 bridgehead atoms. The van der Waals surface area contributed by atoms with Gasteiger partial charge in [-0.2, -0.15) is 0 Å². The molecule has 0 aliphatic heterocycles. The van der Waals surface area contributed by atoms with Crippen molar-refractivity contribution in [1.82, 2.24) is 10.6 Å². The van der Waals surface area contributed by atoms with Crippen LogP contribution in [0.15, 0.2) is 12.1 Å². The van der Waals surface area contributed by atoms with E-state index in [1.54, 1.807) is 20.8 Å². The van der Waals surface area contributed by atoms with Crippen LogP contribution in [-0.4, -0.2) is 59.4 Å². The SMILES string of the molecule is COc1cc(F)c(O[C@H]2CC[C@@](C)(C(=O)O)CC2)cc1C(=O)N[C@@H]1[C@H]2CC[C@H](C2)[C@@H]1C(=O)NCC(C)(C)O. The van der Waals surface area contributed by atoms with E-state index in [0.717, 1.165) is 25.3 Å². The first-order valence-corrected chi connectivity index (χ1v) is 13.4. The summed E-state index contributed by atoms with van der Waals surface area (Å²) in [6.45, 7) is 5.05. The lowest BCUT2D eigenvalue weighted by atomic mass is 9.75. The van der Waals surface area contributed by atoms with Crippen LogP contribution in [0.25, 0.3) is 0 Å². The van der Waals surface area contributed by atoms with E-state index in [0.29, 0.717) is 25.7 Å². The Morgan fingerprint density at radius 3 is 2.37 bits per heavy atom. The van der Waals surface area contributed by atoms with Gasteiger partial charge >= 0.3 is 5.97 Å². The third kappa shape index (κ3) is 5.90. The predicted molar refractivity (Wildman–Crippen MR) is 136 cm³/mol. The summed E-state index contributed by atoms with van der Waals surface area (Å²) in [6.07, 6.45) is 4.06. The van der Waals surface area contributed by atoms with Gasteiger partial charge in [-0.15, -0.1) is 0 Å². The van der Waals surface area contributed by atoms with Gasteiger partial charge in [0.05, 0.1) is 35.7 Å². The molecule has 0 radical (unpaired) electrons. The monoisotopic (exact) mass is 534 g/mol. The van der Waals surface area contributed by atoms with Crippen LogP contribution in [-0.2, 0) is 9.59 Å². The van der Waals surface area contributed by atoms with Gasteiger partial charge in [-0.05, 0) is 83.6 Å². The van der Waals surface area contributed by atoms with Crippen molar-refractivity contribution in [2.24, 2.45) is 23.2 Å². The van der Waals surface area contributed by atoms with E-state index in [2.05, 4.69) is 10.6 Å². The number of benzene rings is 1. The van der Waals surface area contributed by atoms with Gasteiger partial charge in [0.2, 0.25) is 5.91 Å². The maximum Gasteiger partial charge on any atom is 0.309 e. The first-order chi connectivity index (χ1) is 17.8. The molecular weight excluding hydrogens is 495 g/mol. The van der Waals surface area contributed by atoms with Crippen LogP contribution in [0.1, 0.15) is 76.1 Å². The Morgan fingerprint density at radius 1 is 1.11 bits per heavy atom. The second kappa shape index (κ2) is 10.7. The summed E-state index contributed by atoms with van der Waals surface area (Å²) in [5, 5.41) is 25.3. The summed E-state index contributed by atoms with van der Waals surface area (Å²) in [5.41, 5.74) is -1.76. The summed E-state index contributed by atoms with van der Waals surface area (Å²) in [7, 11) is 1.35. The number of hydrogen-bond acceptors (Lipinski definition) is 6. The van der Waals surface area contributed by atoms with Crippen molar-refractivity contribution in [3.63, 3.8) is 0 Å². The molecule has 0 unspecified atom stereocenters. The van der Waals surface area contributed by atoms with Crippen molar-refractivity contribution >= 4 is 17.8 Å². The molecule has 10 heteroatoms. The van der Waals surface area contributed by atoms with E-state index in [1.807, 2.05) is 0 Å². The Labute approximate surface area is 222 Å². The van der Waals surface area contributed by atoms with Gasteiger partial charge in [-0.25, -0.2) is 4.39 Å². The van der Waals surface area contributed by atoms with Gasteiger partial charge in [-0.1, -0.05) is 0 Å². The number of fused-ring (bicyclic) bond motifs is 2. The van der Waals surface area contributed by atoms with Crippen molar-refractivity contribution in [2.75, 3.05) is 13.7 Å². The molecule has 0 heterocycles. The van der Waals surface area contributed by atoms with Crippen molar-refractivity contribution in [3.8, 4) is 11.5 Å². The van der Waals surface area contributed by atoms with Crippen LogP contribution in [0.4, 0.5) is 4.39 Å². The lowest BCUT2D eigenvalue weighted by Crippen LogP contribution is -2.51. The molecule has 2 amide bonds. The molecule has 38 heavy (non-hydrogen) atoms. The number of carboxylic acids is 1. The Kier molecular flexibility index (Phi) is 7.93. The number of carbonyl (C=O) groups is 3. The maximum atomic E-state index is 14.9. The average Bonchev–Trinajstić information content (AvgIpc) is 3.46. The van der Waals surface area contributed by atoms with Crippen LogP contribution in [0, 0.1) is 29.0 Å². The van der Waals surface area contributed by atoms with Gasteiger partial charge in [0.25, 0.3) is 5.91 Å². The summed E-state index contributed by atoms with van der Waals surface area (Å²) >= 11 is 0. The number of rotatable bonds is 9. The number of aliphatic carboxylic acids is 1. The van der Waals surface area contributed by atoms with Crippen LogP contribution in [0.3, 0.4) is 0 Å². The fraction of sp³-hybridized carbons (Fsp3) is 0.679. The molecule has 0 spiro atoms. The number of carbonyl (C=O) groups excluding carboxylic acids is 2. The second-order valence-electron chi connectivity index (χ2n) is 12.1. The molecule has 0 aromatic heterocycles. The number of nitrogens with one attached hydrogen (secondary N) is 2. The van der Waals surface area contributed by atoms with E-state index in [-0.39, 0.29) is 53.5 Å². The van der Waals surface area contributed by atoms with Crippen LogP contribution in [0.2, 0.25) is 0 Å². The number of halogens is 1. The highest BCUT2D eigenvalue weighted by Gasteiger charge is 2.51. The minimum Gasteiger partial charge on any atom is -0.496 e. The summed E-state index contributed by atoms with van der Waals surface area (Å²) < 4.78 is 26.1. The minimum atomic E-state index is -1.05. The highest BCUT2D eigenvalue weighted by molar-refractivity contribution is 5.98. The molecule has 3 fully saturated rings. The fourth-order valence-corrected chi connectivity index (χ4v) is 6.24. The zero-order valence-corrected chi connectivity index (χ0v) is 22.5. The first kappa shape index (κ1) is 28.1. The molecule has 0 saturated heterocycles. The molecule has 4 atom stereocenters. The predicted octanol–water partition coefficient (Wildman–Crippen LogP) is 3.28. The number of hydrogen-bond donors (Lipinski definition) is 4. The lowest BCUT2D eigenvalue weighted by Gasteiger charge is -2.34. The van der Waals surface area contributed by atoms with E-state index in [9.17, 15) is 29.0 Å². The molecule has 4 rings (SSSR count). The summed E-state index contributed by atoms with van der Waals surface area (Å²) in [5.74, 6) is -2.32. The smallest absolute Gasteiger partial charge is 0.309 e. The number of carboxylic acid groups (broad SMARTS) is 1. The van der Waals surface area contributed by atoms with Gasteiger partial charge in [-0.3, -0.25) is 14.4 Å². The quantitative estimate of drug-likeness (QED) is 0.382. The van der Waals surface area contributed by atoms with Crippen LogP contribution < -0.4 is 20.1 Å². The molecular formula is C28H39FN2O7. The molecule has 9 nitrogen and oxygen atoms in total. The number of methoxy groups -OCH3 is 1. The van der Waals surface area contributed by atoms with Crippen LogP contribution in [0.5, 0.6) is 11.5 Å². The van der Waals surface area contributed by atoms with Crippen molar-refractivity contribution < 1.29 is 38.5 Å². The Bertz CT molecular complexity index is 1080. The van der Waals surface area contributed by atoms with E-state index in [1.165, 1.54) is 13.2 Å². The minimum absolute atomic E-state index is 0.0561. The van der Waals surface area contributed by atoms with Gasteiger partial charge in [0, 0.05) is 18.7 Å². The van der Waals surface area contributed by atoms with E-state index >= 15 is 0 Å². The molecule has 3 aliphatic carbocycles. The molecule has 210 valence electrons. The molecule has 1 aromatic rings. The van der Waals surface area contributed by atoms with Gasteiger partial charge in [0.15, 0.2) is 11.6 Å². The fourth-order valence-electron chi connectivity index (χ4n) is 6.24. The van der Waals surface area contributed by atoms with E-state index < -0.39 is 34.6 Å². The van der Waals surface area contributed by atoms with E-state index in [4.69, 9.17) is 9.47 Å². The largest absolute Gasteiger partial charge is 0.496 e. The standard InChI is InChI=1S/C28H39FN2O7/c1-27(2,36)14-30-25(33)22-15-5-6-16(11-15)23(22)31-24(32)18-12-21(19(29)13-20(18)37-4)38-17-7-9-28(3,10-8-17)26(34)35/h12-13,15-17,22-23,36H,5-11,14H2,1-4H3,(H,30,33)(H,31,32)(H,34,35)/t15-,16+,17-,22+,23-,28+/m1/s1. The zero-order chi connectivity index (χ0) is 27.8. The van der Waals surface area contributed by atoms with Crippen molar-refractivity contribution in [1.29, 1.82) is 0 Å². The van der Waals surface area contributed by atoms with Gasteiger partial charge in [0.1, 0.15) is 5.75 Å². The second-order valence-corrected chi connectivity index (χ2v) is 12.1. The van der Waals surface area contributed by atoms with Crippen molar-refractivity contribution in [3.05, 3.63) is 23.5 Å². The van der Waals surface area contributed by atoms with Crippen LogP contribution >= 0.6 is 0 Å². The Hall–Kier alpha value is -2.88. The highest BCUT2D eigenvalue weighted by atomic mass is 19.1. The molecule has 3 aliphatic rings. The first-order valence-electron chi connectivity index (χ1n) is 13.4. The topological polar surface area (TPSA) is 134 Å². The normalized spacial score (nSPS) is 30.5. The molecule has 3 saturated carbocycles. The summed E-state index contributed by atoms with van der Waals surface area (Å²) in [4.78, 5) is 38.0. The Morgan fingerprint density at radius 2 is 1.76 bits per heavy atom. The number of aliphatic hydroxyl groups is 1. The molecule has 1 aromatic carbocycles. The third-order valence-corrected chi connectivity index (χ3v) is 8.56. The highest BCUT2D eigenvalue weighted by Crippen LogP contribution is 2.49. The number of ether oxygens (including phenoxy) is 2. The number of amides is 2. The third-order valence-electron chi connectivity index (χ3n) is 8.56. The van der Waals surface area contributed by atoms with Gasteiger partial charge < -0.3 is 30.3 Å². The van der Waals surface area contributed by atoms with Crippen molar-refractivity contribution in [2.45, 2.75) is 83.5 Å². The molecule has 4 N–H and O–H groups in total. The Balaban J connectivity index is 1.48.